The number of anilines is 2. The summed E-state index contributed by atoms with van der Waals surface area (Å²) in [5.41, 5.74) is 2.59. The quantitative estimate of drug-likeness (QED) is 0.685. The molecule has 1 saturated heterocycles. The lowest BCUT2D eigenvalue weighted by atomic mass is 9.97. The summed E-state index contributed by atoms with van der Waals surface area (Å²) in [5, 5.41) is 21.4. The van der Waals surface area contributed by atoms with Gasteiger partial charge in [0.1, 0.15) is 5.70 Å². The molecule has 8 heteroatoms. The number of benzene rings is 2. The van der Waals surface area contributed by atoms with Crippen molar-refractivity contribution >= 4 is 34.7 Å². The van der Waals surface area contributed by atoms with E-state index in [4.69, 9.17) is 5.26 Å². The Hall–Kier alpha value is -3.96. The molecule has 0 aromatic heterocycles. The topological polar surface area (TPSA) is 114 Å². The van der Waals surface area contributed by atoms with E-state index in [-0.39, 0.29) is 24.0 Å². The third-order valence-corrected chi connectivity index (χ3v) is 5.90. The lowest BCUT2D eigenvalue weighted by Gasteiger charge is -2.34. The van der Waals surface area contributed by atoms with Crippen molar-refractivity contribution in [1.82, 2.24) is 4.90 Å². The summed E-state index contributed by atoms with van der Waals surface area (Å²) in [6.07, 6.45) is 1.67. The van der Waals surface area contributed by atoms with Crippen LogP contribution in [0, 0.1) is 17.2 Å². The highest BCUT2D eigenvalue weighted by Gasteiger charge is 2.43. The van der Waals surface area contributed by atoms with Gasteiger partial charge in [-0.15, -0.1) is 0 Å². The predicted molar refractivity (Wildman–Crippen MR) is 123 cm³/mol. The summed E-state index contributed by atoms with van der Waals surface area (Å²) in [4.78, 5) is 41.5. The van der Waals surface area contributed by atoms with Crippen LogP contribution in [-0.4, -0.2) is 47.4 Å². The number of nitrogens with zero attached hydrogens (tertiary/aromatic N) is 3. The maximum atomic E-state index is 13.6. The molecule has 4 rings (SSSR count). The molecule has 1 unspecified atom stereocenters. The van der Waals surface area contributed by atoms with Crippen LogP contribution in [0.25, 0.3) is 5.57 Å². The van der Waals surface area contributed by atoms with E-state index in [0.29, 0.717) is 41.3 Å². The summed E-state index contributed by atoms with van der Waals surface area (Å²) in [6, 6.07) is 15.1. The SMILES string of the molecule is CC(=O)Nc1ccc(C2=C(N3CCCC(CO)C3)C(=O)N(c3ccc(C#N)cc3)C2=O)cc1. The second-order valence-corrected chi connectivity index (χ2v) is 8.22. The lowest BCUT2D eigenvalue weighted by Crippen LogP contribution is -2.40. The largest absolute Gasteiger partial charge is 0.396 e. The lowest BCUT2D eigenvalue weighted by molar-refractivity contribution is -0.121. The molecular formula is C25H24N4O4. The molecular weight excluding hydrogens is 420 g/mol. The van der Waals surface area contributed by atoms with Crippen molar-refractivity contribution in [1.29, 1.82) is 5.26 Å². The van der Waals surface area contributed by atoms with Gasteiger partial charge in [-0.3, -0.25) is 14.4 Å². The Morgan fingerprint density at radius 2 is 1.82 bits per heavy atom. The van der Waals surface area contributed by atoms with E-state index in [1.165, 1.54) is 6.92 Å². The fraction of sp³-hybridized carbons (Fsp3) is 0.280. The molecule has 0 bridgehead atoms. The Bertz CT molecular complexity index is 1160. The number of aliphatic hydroxyl groups excluding tert-OH is 1. The van der Waals surface area contributed by atoms with E-state index in [1.807, 2.05) is 11.0 Å². The normalized spacial score (nSPS) is 18.5. The van der Waals surface area contributed by atoms with Gasteiger partial charge in [0.15, 0.2) is 0 Å². The first kappa shape index (κ1) is 22.2. The number of amides is 3. The van der Waals surface area contributed by atoms with Crippen LogP contribution in [0.1, 0.15) is 30.9 Å². The first-order chi connectivity index (χ1) is 15.9. The Morgan fingerprint density at radius 1 is 1.12 bits per heavy atom. The number of hydrogen-bond acceptors (Lipinski definition) is 6. The van der Waals surface area contributed by atoms with E-state index in [9.17, 15) is 19.5 Å². The van der Waals surface area contributed by atoms with Crippen LogP contribution < -0.4 is 10.2 Å². The first-order valence-corrected chi connectivity index (χ1v) is 10.8. The third kappa shape index (κ3) is 4.36. The molecule has 2 heterocycles. The summed E-state index contributed by atoms with van der Waals surface area (Å²) in [7, 11) is 0. The van der Waals surface area contributed by atoms with Crippen LogP contribution in [0.15, 0.2) is 54.2 Å². The number of aliphatic hydroxyl groups is 1. The average molecular weight is 444 g/mol. The average Bonchev–Trinajstić information content (AvgIpc) is 3.09. The number of carbonyl (C=O) groups excluding carboxylic acids is 3. The second-order valence-electron chi connectivity index (χ2n) is 8.22. The molecule has 3 amide bonds. The number of imide groups is 1. The van der Waals surface area contributed by atoms with Gasteiger partial charge in [-0.25, -0.2) is 4.90 Å². The predicted octanol–water partition coefficient (Wildman–Crippen LogP) is 2.51. The maximum absolute atomic E-state index is 13.6. The number of rotatable bonds is 5. The number of hydrogen-bond donors (Lipinski definition) is 2. The molecule has 168 valence electrons. The molecule has 0 spiro atoms. The van der Waals surface area contributed by atoms with E-state index in [2.05, 4.69) is 5.32 Å². The van der Waals surface area contributed by atoms with Crippen molar-refractivity contribution in [3.63, 3.8) is 0 Å². The maximum Gasteiger partial charge on any atom is 0.282 e. The number of nitrogens with one attached hydrogen (secondary N) is 1. The molecule has 33 heavy (non-hydrogen) atoms. The molecule has 0 radical (unpaired) electrons. The zero-order valence-corrected chi connectivity index (χ0v) is 18.2. The van der Waals surface area contributed by atoms with Crippen LogP contribution in [0.2, 0.25) is 0 Å². The summed E-state index contributed by atoms with van der Waals surface area (Å²) in [5.74, 6) is -1.05. The second kappa shape index (κ2) is 9.27. The van der Waals surface area contributed by atoms with Crippen molar-refractivity contribution in [3.05, 3.63) is 65.4 Å². The molecule has 0 aliphatic carbocycles. The van der Waals surface area contributed by atoms with Gasteiger partial charge in [0.25, 0.3) is 11.8 Å². The highest BCUT2D eigenvalue weighted by atomic mass is 16.3. The van der Waals surface area contributed by atoms with Gasteiger partial charge in [-0.05, 0) is 60.7 Å². The fourth-order valence-electron chi connectivity index (χ4n) is 4.33. The van der Waals surface area contributed by atoms with Gasteiger partial charge in [-0.2, -0.15) is 5.26 Å². The molecule has 2 aromatic rings. The Labute approximate surface area is 191 Å². The number of carbonyl (C=O) groups is 3. The van der Waals surface area contributed by atoms with Crippen LogP contribution in [0.3, 0.4) is 0 Å². The van der Waals surface area contributed by atoms with E-state index in [1.54, 1.807) is 48.5 Å². The Morgan fingerprint density at radius 3 is 2.42 bits per heavy atom. The van der Waals surface area contributed by atoms with Gasteiger partial charge in [0.2, 0.25) is 5.91 Å². The van der Waals surface area contributed by atoms with Crippen molar-refractivity contribution in [2.24, 2.45) is 5.92 Å². The molecule has 2 aromatic carbocycles. The Kier molecular flexibility index (Phi) is 6.24. The number of nitriles is 1. The molecule has 0 saturated carbocycles. The Balaban J connectivity index is 1.77. The van der Waals surface area contributed by atoms with Crippen molar-refractivity contribution in [2.45, 2.75) is 19.8 Å². The molecule has 1 atom stereocenters. The zero-order chi connectivity index (χ0) is 23.5. The summed E-state index contributed by atoms with van der Waals surface area (Å²) < 4.78 is 0. The van der Waals surface area contributed by atoms with Gasteiger partial charge in [0.05, 0.1) is 22.9 Å². The monoisotopic (exact) mass is 444 g/mol. The summed E-state index contributed by atoms with van der Waals surface area (Å²) in [6.45, 7) is 2.53. The van der Waals surface area contributed by atoms with Crippen molar-refractivity contribution in [3.8, 4) is 6.07 Å². The van der Waals surface area contributed by atoms with E-state index < -0.39 is 11.8 Å². The first-order valence-electron chi connectivity index (χ1n) is 10.8. The summed E-state index contributed by atoms with van der Waals surface area (Å²) >= 11 is 0. The van der Waals surface area contributed by atoms with Gasteiger partial charge in [-0.1, -0.05) is 12.1 Å². The van der Waals surface area contributed by atoms with Gasteiger partial charge >= 0.3 is 0 Å². The molecule has 8 nitrogen and oxygen atoms in total. The zero-order valence-electron chi connectivity index (χ0n) is 18.2. The molecule has 2 aliphatic heterocycles. The van der Waals surface area contributed by atoms with Gasteiger partial charge < -0.3 is 15.3 Å². The minimum atomic E-state index is -0.446. The molecule has 2 N–H and O–H groups in total. The molecule has 2 aliphatic rings. The van der Waals surface area contributed by atoms with E-state index in [0.717, 1.165) is 17.7 Å². The standard InChI is InChI=1S/C25H24N4O4/c1-16(31)27-20-8-6-19(7-9-20)22-23(28-12-2-3-18(14-28)15-30)25(33)29(24(22)32)21-10-4-17(13-26)5-11-21/h4-11,18,30H,2-3,12,14-15H2,1H3,(H,27,31). The fourth-order valence-corrected chi connectivity index (χ4v) is 4.33. The highest BCUT2D eigenvalue weighted by molar-refractivity contribution is 6.45. The van der Waals surface area contributed by atoms with E-state index >= 15 is 0 Å². The third-order valence-electron chi connectivity index (χ3n) is 5.90. The van der Waals surface area contributed by atoms with Crippen molar-refractivity contribution in [2.75, 3.05) is 29.9 Å². The van der Waals surface area contributed by atoms with Gasteiger partial charge in [0, 0.05) is 32.3 Å². The number of likely N-dealkylation sites (tertiary alicyclic amines) is 1. The minimum Gasteiger partial charge on any atom is -0.396 e. The molecule has 1 fully saturated rings. The highest BCUT2D eigenvalue weighted by Crippen LogP contribution is 2.36. The smallest absolute Gasteiger partial charge is 0.282 e. The number of piperidine rings is 1. The van der Waals surface area contributed by atoms with Crippen LogP contribution in [0.4, 0.5) is 11.4 Å². The van der Waals surface area contributed by atoms with Crippen molar-refractivity contribution < 1.29 is 19.5 Å². The van der Waals surface area contributed by atoms with Crippen LogP contribution in [0.5, 0.6) is 0 Å². The van der Waals surface area contributed by atoms with Crippen LogP contribution >= 0.6 is 0 Å². The minimum absolute atomic E-state index is 0.0198. The van der Waals surface area contributed by atoms with Crippen LogP contribution in [-0.2, 0) is 14.4 Å².